The van der Waals surface area contributed by atoms with Crippen LogP contribution in [0.5, 0.6) is 0 Å². The molecular formula is C13H5BrClF2IO. The van der Waals surface area contributed by atoms with Gasteiger partial charge in [0.15, 0.2) is 11.6 Å². The van der Waals surface area contributed by atoms with E-state index in [9.17, 15) is 13.6 Å². The van der Waals surface area contributed by atoms with E-state index in [2.05, 4.69) is 15.9 Å². The van der Waals surface area contributed by atoms with Crippen LogP contribution in [-0.2, 0) is 0 Å². The summed E-state index contributed by atoms with van der Waals surface area (Å²) in [5.41, 5.74) is -0.418. The fraction of sp³-hybridized carbons (Fsp3) is 0. The second kappa shape index (κ2) is 5.85. The van der Waals surface area contributed by atoms with Crippen molar-refractivity contribution in [2.45, 2.75) is 0 Å². The zero-order valence-corrected chi connectivity index (χ0v) is 13.7. The maximum absolute atomic E-state index is 13.9. The zero-order chi connectivity index (χ0) is 14.2. The Morgan fingerprint density at radius 2 is 1.89 bits per heavy atom. The molecule has 0 amide bonds. The molecule has 0 N–H and O–H groups in total. The Kier molecular flexibility index (Phi) is 4.58. The van der Waals surface area contributed by atoms with Crippen LogP contribution in [0.3, 0.4) is 0 Å². The fourth-order valence-corrected chi connectivity index (χ4v) is 2.62. The Balaban J connectivity index is 2.63. The first kappa shape index (κ1) is 14.9. The standard InChI is InChI=1S/C13H5BrClF2IO/c14-8-2-3-9(16)11(12(8)17)13(19)7-5-6(15)1-4-10(7)18/h1-5H. The SMILES string of the molecule is O=C(c1cc(Cl)ccc1I)c1c(F)ccc(Br)c1F. The number of benzene rings is 2. The molecule has 0 heterocycles. The number of halogens is 5. The Bertz CT molecular complexity index is 676. The second-order valence-electron chi connectivity index (χ2n) is 3.67. The number of rotatable bonds is 2. The van der Waals surface area contributed by atoms with Crippen LogP contribution in [0.4, 0.5) is 8.78 Å². The predicted molar refractivity (Wildman–Crippen MR) is 81.7 cm³/mol. The summed E-state index contributed by atoms with van der Waals surface area (Å²) in [5, 5.41) is 0.333. The van der Waals surface area contributed by atoms with Gasteiger partial charge in [0.1, 0.15) is 5.82 Å². The summed E-state index contributed by atoms with van der Waals surface area (Å²) in [5.74, 6) is -2.55. The van der Waals surface area contributed by atoms with Gasteiger partial charge in [0.2, 0.25) is 0 Å². The van der Waals surface area contributed by atoms with Gasteiger partial charge in [0, 0.05) is 14.2 Å². The molecule has 19 heavy (non-hydrogen) atoms. The summed E-state index contributed by atoms with van der Waals surface area (Å²) >= 11 is 10.7. The van der Waals surface area contributed by atoms with Gasteiger partial charge >= 0.3 is 0 Å². The van der Waals surface area contributed by atoms with Crippen LogP contribution in [-0.4, -0.2) is 5.78 Å². The lowest BCUT2D eigenvalue weighted by Gasteiger charge is -2.08. The highest BCUT2D eigenvalue weighted by Gasteiger charge is 2.22. The maximum atomic E-state index is 13.9. The summed E-state index contributed by atoms with van der Waals surface area (Å²) < 4.78 is 28.2. The third-order valence-electron chi connectivity index (χ3n) is 2.44. The van der Waals surface area contributed by atoms with E-state index in [1.165, 1.54) is 12.1 Å². The van der Waals surface area contributed by atoms with E-state index >= 15 is 0 Å². The summed E-state index contributed by atoms with van der Waals surface area (Å²) in [7, 11) is 0. The lowest BCUT2D eigenvalue weighted by Crippen LogP contribution is -2.09. The van der Waals surface area contributed by atoms with Gasteiger partial charge in [-0.15, -0.1) is 0 Å². The molecule has 0 bridgehead atoms. The molecule has 0 aliphatic heterocycles. The van der Waals surface area contributed by atoms with Gasteiger partial charge in [-0.1, -0.05) is 11.6 Å². The minimum Gasteiger partial charge on any atom is -0.288 e. The van der Waals surface area contributed by atoms with Crippen molar-refractivity contribution < 1.29 is 13.6 Å². The molecule has 0 saturated heterocycles. The van der Waals surface area contributed by atoms with Crippen LogP contribution in [0, 0.1) is 15.2 Å². The van der Waals surface area contributed by atoms with Gasteiger partial charge in [-0.2, -0.15) is 0 Å². The molecular weight excluding hydrogens is 452 g/mol. The van der Waals surface area contributed by atoms with Crippen LogP contribution >= 0.6 is 50.1 Å². The van der Waals surface area contributed by atoms with Gasteiger partial charge in [-0.25, -0.2) is 8.78 Å². The molecule has 98 valence electrons. The topological polar surface area (TPSA) is 17.1 Å². The Morgan fingerprint density at radius 1 is 1.21 bits per heavy atom. The van der Waals surface area contributed by atoms with Crippen molar-refractivity contribution in [1.29, 1.82) is 0 Å². The van der Waals surface area contributed by atoms with E-state index in [4.69, 9.17) is 11.6 Å². The van der Waals surface area contributed by atoms with E-state index < -0.39 is 23.0 Å². The summed E-state index contributed by atoms with van der Waals surface area (Å²) in [6.07, 6.45) is 0. The lowest BCUT2D eigenvalue weighted by atomic mass is 10.0. The van der Waals surface area contributed by atoms with Gasteiger partial charge in [0.25, 0.3) is 0 Å². The largest absolute Gasteiger partial charge is 0.288 e. The molecule has 0 spiro atoms. The van der Waals surface area contributed by atoms with Crippen LogP contribution in [0.2, 0.25) is 5.02 Å². The van der Waals surface area contributed by atoms with Crippen molar-refractivity contribution in [1.82, 2.24) is 0 Å². The quantitative estimate of drug-likeness (QED) is 0.344. The number of hydrogen-bond acceptors (Lipinski definition) is 1. The average Bonchev–Trinajstić information content (AvgIpc) is 2.37. The predicted octanol–water partition coefficient (Wildman–Crippen LogP) is 5.22. The van der Waals surface area contributed by atoms with Crippen LogP contribution in [0.25, 0.3) is 0 Å². The third kappa shape index (κ3) is 2.98. The zero-order valence-electron chi connectivity index (χ0n) is 9.18. The van der Waals surface area contributed by atoms with Crippen molar-refractivity contribution in [3.63, 3.8) is 0 Å². The van der Waals surface area contributed by atoms with Gasteiger partial charge in [-0.3, -0.25) is 4.79 Å². The van der Waals surface area contributed by atoms with Crippen molar-refractivity contribution in [2.24, 2.45) is 0 Å². The molecule has 0 aromatic heterocycles. The number of hydrogen-bond donors (Lipinski definition) is 0. The smallest absolute Gasteiger partial charge is 0.200 e. The monoisotopic (exact) mass is 456 g/mol. The minimum atomic E-state index is -0.916. The van der Waals surface area contributed by atoms with Gasteiger partial charge in [0.05, 0.1) is 10.0 Å². The van der Waals surface area contributed by atoms with Crippen molar-refractivity contribution in [3.05, 3.63) is 66.2 Å². The summed E-state index contributed by atoms with van der Waals surface area (Å²) in [6.45, 7) is 0. The van der Waals surface area contributed by atoms with E-state index in [1.807, 2.05) is 22.6 Å². The first-order valence-electron chi connectivity index (χ1n) is 5.05. The highest BCUT2D eigenvalue weighted by molar-refractivity contribution is 14.1. The highest BCUT2D eigenvalue weighted by Crippen LogP contribution is 2.27. The molecule has 0 atom stereocenters. The van der Waals surface area contributed by atoms with Crippen LogP contribution < -0.4 is 0 Å². The van der Waals surface area contributed by atoms with E-state index in [-0.39, 0.29) is 10.0 Å². The number of carbonyl (C=O) groups is 1. The normalized spacial score (nSPS) is 10.6. The molecule has 0 saturated carbocycles. The van der Waals surface area contributed by atoms with Crippen LogP contribution in [0.1, 0.15) is 15.9 Å². The molecule has 2 aromatic carbocycles. The van der Waals surface area contributed by atoms with Crippen molar-refractivity contribution in [2.75, 3.05) is 0 Å². The number of carbonyl (C=O) groups excluding carboxylic acids is 1. The van der Waals surface area contributed by atoms with E-state index in [0.717, 1.165) is 6.07 Å². The van der Waals surface area contributed by atoms with Crippen molar-refractivity contribution >= 4 is 55.9 Å². The molecule has 0 aliphatic rings. The lowest BCUT2D eigenvalue weighted by molar-refractivity contribution is 0.103. The van der Waals surface area contributed by atoms with E-state index in [0.29, 0.717) is 8.59 Å². The molecule has 6 heteroatoms. The molecule has 0 radical (unpaired) electrons. The Hall–Kier alpha value is -0.530. The molecule has 0 fully saturated rings. The molecule has 0 unspecified atom stereocenters. The first-order valence-corrected chi connectivity index (χ1v) is 7.30. The maximum Gasteiger partial charge on any atom is 0.200 e. The first-order chi connectivity index (χ1) is 8.91. The van der Waals surface area contributed by atoms with Gasteiger partial charge in [-0.05, 0) is 68.9 Å². The molecule has 2 rings (SSSR count). The number of ketones is 1. The summed E-state index contributed by atoms with van der Waals surface area (Å²) in [6, 6.07) is 6.87. The van der Waals surface area contributed by atoms with Crippen LogP contribution in [0.15, 0.2) is 34.8 Å². The minimum absolute atomic E-state index is 0.0364. The Morgan fingerprint density at radius 3 is 2.58 bits per heavy atom. The fourth-order valence-electron chi connectivity index (χ4n) is 1.54. The van der Waals surface area contributed by atoms with E-state index in [1.54, 1.807) is 12.1 Å². The molecule has 2 aromatic rings. The van der Waals surface area contributed by atoms with Crippen molar-refractivity contribution in [3.8, 4) is 0 Å². The second-order valence-corrected chi connectivity index (χ2v) is 6.12. The average molecular weight is 457 g/mol. The Labute approximate surface area is 135 Å². The highest BCUT2D eigenvalue weighted by atomic mass is 127. The summed E-state index contributed by atoms with van der Waals surface area (Å²) in [4.78, 5) is 12.2. The van der Waals surface area contributed by atoms with Gasteiger partial charge < -0.3 is 0 Å². The molecule has 1 nitrogen and oxygen atoms in total. The third-order valence-corrected chi connectivity index (χ3v) is 4.23. The molecule has 0 aliphatic carbocycles.